The molecule has 0 saturated heterocycles. The molecule has 4 heteroatoms. The zero-order valence-corrected chi connectivity index (χ0v) is 17.2. The lowest BCUT2D eigenvalue weighted by Gasteiger charge is -2.32. The molecule has 0 spiro atoms. The van der Waals surface area contributed by atoms with Crippen molar-refractivity contribution in [2.45, 2.75) is 52.8 Å². The van der Waals surface area contributed by atoms with Crippen molar-refractivity contribution in [1.82, 2.24) is 0 Å². The summed E-state index contributed by atoms with van der Waals surface area (Å²) >= 11 is 0. The molecule has 1 N–H and O–H groups in total. The van der Waals surface area contributed by atoms with Crippen LogP contribution in [0.3, 0.4) is 0 Å². The highest BCUT2D eigenvalue weighted by molar-refractivity contribution is 6.48. The number of rotatable bonds is 5. The molecule has 0 saturated carbocycles. The summed E-state index contributed by atoms with van der Waals surface area (Å²) in [5.41, 5.74) is 4.03. The van der Waals surface area contributed by atoms with Gasteiger partial charge in [0.1, 0.15) is 5.75 Å². The van der Waals surface area contributed by atoms with E-state index in [2.05, 4.69) is 39.9 Å². The maximum atomic E-state index is 12.7. The van der Waals surface area contributed by atoms with Crippen LogP contribution in [-0.4, -0.2) is 26.0 Å². The lowest BCUT2D eigenvalue weighted by atomic mass is 9.85. The fourth-order valence-corrected chi connectivity index (χ4v) is 4.60. The lowest BCUT2D eigenvalue weighted by Crippen LogP contribution is -2.33. The summed E-state index contributed by atoms with van der Waals surface area (Å²) in [7, 11) is -0.760. The number of carbonyl (C=O) groups excluding carboxylic acids is 1. The maximum Gasteiger partial charge on any atom is 0.205 e. The number of carbonyl (C=O) groups is 1. The summed E-state index contributed by atoms with van der Waals surface area (Å²) in [5, 5.41) is 10.1. The molecule has 1 unspecified atom stereocenters. The molecule has 3 rings (SSSR count). The summed E-state index contributed by atoms with van der Waals surface area (Å²) < 4.78 is 6.22. The first-order valence-electron chi connectivity index (χ1n) is 9.15. The summed E-state index contributed by atoms with van der Waals surface area (Å²) in [4.78, 5) is 12.7. The molecule has 0 bridgehead atoms. The van der Waals surface area contributed by atoms with Crippen LogP contribution in [0.15, 0.2) is 36.4 Å². The first-order chi connectivity index (χ1) is 12.2. The Morgan fingerprint density at radius 2 is 1.81 bits per heavy atom. The molecule has 0 aromatic heterocycles. The van der Waals surface area contributed by atoms with E-state index in [0.29, 0.717) is 16.7 Å². The molecule has 0 heterocycles. The zero-order valence-electron chi connectivity index (χ0n) is 16.2. The van der Waals surface area contributed by atoms with Gasteiger partial charge in [-0.15, -0.1) is 0 Å². The molecular formula is C22H27O3Si. The number of aryl methyl sites for hydroxylation is 1. The predicted molar refractivity (Wildman–Crippen MR) is 107 cm³/mol. The summed E-state index contributed by atoms with van der Waals surface area (Å²) in [5.74, 6) is 0.174. The van der Waals surface area contributed by atoms with Gasteiger partial charge in [0.2, 0.25) is 9.04 Å². The van der Waals surface area contributed by atoms with Crippen LogP contribution in [0.4, 0.5) is 0 Å². The summed E-state index contributed by atoms with van der Waals surface area (Å²) in [6.07, 6.45) is 2.02. The fraction of sp³-hybridized carbons (Fsp3) is 0.409. The highest BCUT2D eigenvalue weighted by Crippen LogP contribution is 2.42. The highest BCUT2D eigenvalue weighted by atomic mass is 28.3. The van der Waals surface area contributed by atoms with Gasteiger partial charge in [-0.2, -0.15) is 0 Å². The minimum Gasteiger partial charge on any atom is -0.507 e. The van der Waals surface area contributed by atoms with Crippen LogP contribution in [0.25, 0.3) is 11.1 Å². The first kappa shape index (κ1) is 18.9. The molecule has 1 radical (unpaired) electrons. The average Bonchev–Trinajstić information content (AvgIpc) is 2.84. The van der Waals surface area contributed by atoms with Crippen LogP contribution < -0.4 is 0 Å². The smallest absolute Gasteiger partial charge is 0.205 e. The molecule has 0 amide bonds. The third-order valence-electron chi connectivity index (χ3n) is 4.92. The van der Waals surface area contributed by atoms with Gasteiger partial charge in [0.15, 0.2) is 5.78 Å². The van der Waals surface area contributed by atoms with Crippen molar-refractivity contribution in [3.05, 3.63) is 53.1 Å². The van der Waals surface area contributed by atoms with E-state index in [-0.39, 0.29) is 23.1 Å². The quantitative estimate of drug-likeness (QED) is 0.629. The van der Waals surface area contributed by atoms with E-state index in [1.54, 1.807) is 18.2 Å². The molecule has 1 atom stereocenters. The van der Waals surface area contributed by atoms with Gasteiger partial charge in [0.05, 0.1) is 6.10 Å². The standard InChI is InChI=1S/C22H27O3Si/c1-22(2,3)19(25-26(4)5)12-10-14-9-11-15-17(13-14)21(24)16-7-6-8-18(23)20(15)16/h6-9,11,13,19,23H,10,12H2,1-5H3. The average molecular weight is 368 g/mol. The van der Waals surface area contributed by atoms with Gasteiger partial charge in [0, 0.05) is 16.7 Å². The van der Waals surface area contributed by atoms with Crippen molar-refractivity contribution in [2.24, 2.45) is 5.41 Å². The van der Waals surface area contributed by atoms with Gasteiger partial charge < -0.3 is 9.53 Å². The minimum atomic E-state index is -0.760. The number of hydrogen-bond acceptors (Lipinski definition) is 3. The van der Waals surface area contributed by atoms with Crippen LogP contribution in [0.1, 0.15) is 48.7 Å². The lowest BCUT2D eigenvalue weighted by molar-refractivity contribution is 0.0788. The Balaban J connectivity index is 1.83. The molecule has 137 valence electrons. The van der Waals surface area contributed by atoms with Crippen molar-refractivity contribution in [3.63, 3.8) is 0 Å². The second-order valence-electron chi connectivity index (χ2n) is 8.33. The van der Waals surface area contributed by atoms with Crippen molar-refractivity contribution < 1.29 is 14.3 Å². The van der Waals surface area contributed by atoms with Gasteiger partial charge in [0.25, 0.3) is 0 Å². The Hall–Kier alpha value is -1.91. The number of hydrogen-bond donors (Lipinski definition) is 1. The Labute approximate surface area is 157 Å². The van der Waals surface area contributed by atoms with Crippen LogP contribution >= 0.6 is 0 Å². The molecule has 1 aliphatic carbocycles. The topological polar surface area (TPSA) is 46.5 Å². The SMILES string of the molecule is C[Si](C)OC(CCc1ccc2c(c1)C(=O)c1cccc(O)c1-2)C(C)(C)C. The van der Waals surface area contributed by atoms with E-state index in [0.717, 1.165) is 24.0 Å². The molecule has 1 aliphatic rings. The van der Waals surface area contributed by atoms with Gasteiger partial charge >= 0.3 is 0 Å². The Kier molecular flexibility index (Phi) is 5.09. The molecule has 2 aromatic rings. The van der Waals surface area contributed by atoms with E-state index < -0.39 is 9.04 Å². The molecule has 2 aromatic carbocycles. The van der Waals surface area contributed by atoms with Gasteiger partial charge in [-0.1, -0.05) is 45.0 Å². The van der Waals surface area contributed by atoms with E-state index in [9.17, 15) is 9.90 Å². The molecule has 26 heavy (non-hydrogen) atoms. The van der Waals surface area contributed by atoms with E-state index in [1.165, 1.54) is 0 Å². The number of aromatic hydroxyl groups is 1. The third kappa shape index (κ3) is 3.62. The summed E-state index contributed by atoms with van der Waals surface area (Å²) in [6.45, 7) is 11.0. The monoisotopic (exact) mass is 367 g/mol. The molecule has 3 nitrogen and oxygen atoms in total. The van der Waals surface area contributed by atoms with Crippen molar-refractivity contribution in [1.29, 1.82) is 0 Å². The number of fused-ring (bicyclic) bond motifs is 3. The van der Waals surface area contributed by atoms with Crippen LogP contribution in [0, 0.1) is 5.41 Å². The van der Waals surface area contributed by atoms with Crippen LogP contribution in [0.2, 0.25) is 13.1 Å². The van der Waals surface area contributed by atoms with Crippen LogP contribution in [0.5, 0.6) is 5.75 Å². The van der Waals surface area contributed by atoms with E-state index in [1.807, 2.05) is 12.1 Å². The van der Waals surface area contributed by atoms with Gasteiger partial charge in [-0.05, 0) is 54.6 Å². The first-order valence-corrected chi connectivity index (χ1v) is 11.6. The predicted octanol–water partition coefficient (Wildman–Crippen LogP) is 5.22. The normalized spacial score (nSPS) is 14.5. The number of benzene rings is 2. The molecule has 0 fully saturated rings. The Morgan fingerprint density at radius 3 is 2.46 bits per heavy atom. The number of phenols is 1. The van der Waals surface area contributed by atoms with E-state index in [4.69, 9.17) is 4.43 Å². The summed E-state index contributed by atoms with van der Waals surface area (Å²) in [6, 6.07) is 11.2. The third-order valence-corrected chi connectivity index (χ3v) is 5.68. The minimum absolute atomic E-state index is 0.00369. The Morgan fingerprint density at radius 1 is 1.08 bits per heavy atom. The number of phenolic OH excluding ortho intramolecular Hbond substituents is 1. The largest absolute Gasteiger partial charge is 0.507 e. The van der Waals surface area contributed by atoms with Gasteiger partial charge in [-0.25, -0.2) is 0 Å². The van der Waals surface area contributed by atoms with Crippen molar-refractivity contribution in [2.75, 3.05) is 0 Å². The molecule has 0 aliphatic heterocycles. The Bertz CT molecular complexity index is 834. The van der Waals surface area contributed by atoms with Crippen molar-refractivity contribution in [3.8, 4) is 16.9 Å². The second-order valence-corrected chi connectivity index (χ2v) is 10.4. The van der Waals surface area contributed by atoms with Crippen LogP contribution in [-0.2, 0) is 10.8 Å². The highest BCUT2D eigenvalue weighted by Gasteiger charge is 2.30. The zero-order chi connectivity index (χ0) is 19.1. The number of ketones is 1. The van der Waals surface area contributed by atoms with Gasteiger partial charge in [-0.3, -0.25) is 4.79 Å². The molecular weight excluding hydrogens is 340 g/mol. The van der Waals surface area contributed by atoms with E-state index >= 15 is 0 Å². The fourth-order valence-electron chi connectivity index (χ4n) is 3.56. The van der Waals surface area contributed by atoms with Crippen molar-refractivity contribution >= 4 is 14.8 Å². The maximum absolute atomic E-state index is 12.7. The second kappa shape index (κ2) is 7.01.